The van der Waals surface area contributed by atoms with Crippen molar-refractivity contribution >= 4 is 53.4 Å². The zero-order valence-electron chi connectivity index (χ0n) is 35.4. The van der Waals surface area contributed by atoms with Crippen LogP contribution < -0.4 is 20.9 Å². The van der Waals surface area contributed by atoms with Gasteiger partial charge in [0.05, 0.1) is 21.9 Å². The SMILES string of the molecule is Cc1cccc2c(C(=O)[C@@H](NCCc3ccc(S(N)(=O)=O)cc3)c3ccccc3)c[nH]c12.Cc1cccc2c(C(=O)[C@H](NCCc3ccc(S(N)(=O)=O)cc3)c3ccccc3)c[nH]c12. The molecule has 0 radical (unpaired) electrons. The van der Waals surface area contributed by atoms with E-state index in [9.17, 15) is 26.4 Å². The summed E-state index contributed by atoms with van der Waals surface area (Å²) in [6.45, 7) is 5.12. The summed E-state index contributed by atoms with van der Waals surface area (Å²) in [5.41, 5.74) is 9.12. The Bertz CT molecular complexity index is 2900. The fraction of sp³-hybridized carbons (Fsp3) is 0.160. The second-order valence-electron chi connectivity index (χ2n) is 15.6. The highest BCUT2D eigenvalue weighted by atomic mass is 32.2. The minimum atomic E-state index is -3.71. The Balaban J connectivity index is 0.000000191. The molecule has 0 amide bonds. The van der Waals surface area contributed by atoms with E-state index in [4.69, 9.17) is 10.3 Å². The number of aromatic nitrogens is 2. The summed E-state index contributed by atoms with van der Waals surface area (Å²) in [5, 5.41) is 18.9. The molecule has 6 aromatic carbocycles. The monoisotopic (exact) mass is 894 g/mol. The molecule has 0 unspecified atom stereocenters. The Morgan fingerprint density at radius 3 is 1.20 bits per heavy atom. The van der Waals surface area contributed by atoms with Crippen LogP contribution >= 0.6 is 0 Å². The number of hydrogen-bond donors (Lipinski definition) is 6. The number of aromatic amines is 2. The number of primary sulfonamides is 2. The van der Waals surface area contributed by atoms with Crippen LogP contribution in [0.25, 0.3) is 21.8 Å². The second kappa shape index (κ2) is 19.9. The molecule has 12 nitrogen and oxygen atoms in total. The van der Waals surface area contributed by atoms with Gasteiger partial charge in [0.25, 0.3) is 0 Å². The molecule has 0 spiro atoms. The van der Waals surface area contributed by atoms with E-state index in [0.29, 0.717) is 37.1 Å². The molecule has 8 aromatic rings. The fourth-order valence-electron chi connectivity index (χ4n) is 7.76. The van der Waals surface area contributed by atoms with Gasteiger partial charge < -0.3 is 20.6 Å². The number of carbonyl (C=O) groups excluding carboxylic acids is 2. The highest BCUT2D eigenvalue weighted by Crippen LogP contribution is 2.28. The summed E-state index contributed by atoms with van der Waals surface area (Å²) in [6, 6.07) is 43.1. The van der Waals surface area contributed by atoms with E-state index in [-0.39, 0.29) is 21.4 Å². The molecule has 8 N–H and O–H groups in total. The number of carbonyl (C=O) groups is 2. The molecule has 0 fully saturated rings. The van der Waals surface area contributed by atoms with E-state index in [1.807, 2.05) is 111 Å². The van der Waals surface area contributed by atoms with Gasteiger partial charge in [-0.1, -0.05) is 121 Å². The normalized spacial score (nSPS) is 12.7. The standard InChI is InChI=1S/2C25H25N3O3S/c2*1-17-6-5-9-21-22(16-28-23(17)21)25(29)24(19-7-3-2-4-8-19)27-15-14-18-10-12-20(13-11-18)32(26,30)31/h2*2-13,16,24,27-28H,14-15H2,1H3,(H2,26,30,31)/t2*24-/m10/s1. The third kappa shape index (κ3) is 10.8. The third-order valence-corrected chi connectivity index (χ3v) is 13.1. The summed E-state index contributed by atoms with van der Waals surface area (Å²) in [6.07, 6.45) is 4.83. The maximum Gasteiger partial charge on any atom is 0.238 e. The number of sulfonamides is 2. The summed E-state index contributed by atoms with van der Waals surface area (Å²) >= 11 is 0. The average molecular weight is 895 g/mol. The van der Waals surface area contributed by atoms with Crippen molar-refractivity contribution in [2.45, 2.75) is 48.6 Å². The van der Waals surface area contributed by atoms with Crippen molar-refractivity contribution < 1.29 is 26.4 Å². The molecule has 2 heterocycles. The number of fused-ring (bicyclic) bond motifs is 2. The van der Waals surface area contributed by atoms with Gasteiger partial charge in [0.1, 0.15) is 0 Å². The van der Waals surface area contributed by atoms with Crippen LogP contribution in [0, 0.1) is 13.8 Å². The Morgan fingerprint density at radius 2 is 0.859 bits per heavy atom. The van der Waals surface area contributed by atoms with Crippen molar-refractivity contribution in [1.29, 1.82) is 0 Å². The number of hydrogen-bond acceptors (Lipinski definition) is 8. The van der Waals surface area contributed by atoms with E-state index >= 15 is 0 Å². The third-order valence-electron chi connectivity index (χ3n) is 11.2. The van der Waals surface area contributed by atoms with E-state index in [2.05, 4.69) is 20.6 Å². The van der Waals surface area contributed by atoms with E-state index in [1.165, 1.54) is 24.3 Å². The lowest BCUT2D eigenvalue weighted by Crippen LogP contribution is -2.30. The second-order valence-corrected chi connectivity index (χ2v) is 18.7. The van der Waals surface area contributed by atoms with Gasteiger partial charge in [-0.15, -0.1) is 0 Å². The summed E-state index contributed by atoms with van der Waals surface area (Å²) in [4.78, 5) is 33.8. The predicted molar refractivity (Wildman–Crippen MR) is 252 cm³/mol. The van der Waals surface area contributed by atoms with Crippen molar-refractivity contribution in [2.24, 2.45) is 10.3 Å². The van der Waals surface area contributed by atoms with Crippen LogP contribution in [0.5, 0.6) is 0 Å². The van der Waals surface area contributed by atoms with Gasteiger partial charge in [-0.05, 0) is 84.3 Å². The van der Waals surface area contributed by atoms with Gasteiger partial charge in [0, 0.05) is 58.4 Å². The minimum absolute atomic E-state index is 0.00220. The number of rotatable bonds is 16. The van der Waals surface area contributed by atoms with Crippen LogP contribution in [0.15, 0.2) is 168 Å². The molecule has 0 saturated heterocycles. The first-order valence-corrected chi connectivity index (χ1v) is 23.8. The van der Waals surface area contributed by atoms with Crippen LogP contribution in [0.3, 0.4) is 0 Å². The quantitative estimate of drug-likeness (QED) is 0.0527. The zero-order valence-corrected chi connectivity index (χ0v) is 37.0. The molecule has 14 heteroatoms. The van der Waals surface area contributed by atoms with Crippen molar-refractivity contribution in [3.05, 3.63) is 202 Å². The maximum atomic E-state index is 13.6. The van der Waals surface area contributed by atoms with Crippen LogP contribution in [0.4, 0.5) is 0 Å². The zero-order chi connectivity index (χ0) is 45.4. The van der Waals surface area contributed by atoms with E-state index in [0.717, 1.165) is 55.2 Å². The lowest BCUT2D eigenvalue weighted by molar-refractivity contribution is 0.0937. The first kappa shape index (κ1) is 45.5. The Hall–Kier alpha value is -6.52. The number of ketones is 2. The predicted octanol–water partition coefficient (Wildman–Crippen LogP) is 7.76. The molecular formula is C50H50N6O6S2. The topological polar surface area (TPSA) is 210 Å². The number of nitrogens with one attached hydrogen (secondary N) is 4. The number of benzene rings is 6. The maximum absolute atomic E-state index is 13.6. The molecular weight excluding hydrogens is 845 g/mol. The molecule has 328 valence electrons. The summed E-state index contributed by atoms with van der Waals surface area (Å²) in [5.74, 6) is -0.00440. The molecule has 0 aliphatic heterocycles. The van der Waals surface area contributed by atoms with E-state index < -0.39 is 32.1 Å². The van der Waals surface area contributed by atoms with Crippen LogP contribution in [-0.2, 0) is 32.9 Å². The largest absolute Gasteiger partial charge is 0.360 e. The molecule has 2 aromatic heterocycles. The first-order valence-electron chi connectivity index (χ1n) is 20.7. The Kier molecular flexibility index (Phi) is 14.1. The smallest absolute Gasteiger partial charge is 0.238 e. The first-order chi connectivity index (χ1) is 30.7. The van der Waals surface area contributed by atoms with Crippen molar-refractivity contribution in [3.63, 3.8) is 0 Å². The Labute approximate surface area is 373 Å². The highest BCUT2D eigenvalue weighted by molar-refractivity contribution is 7.89. The summed E-state index contributed by atoms with van der Waals surface area (Å²) < 4.78 is 45.7. The molecule has 8 rings (SSSR count). The van der Waals surface area contributed by atoms with Gasteiger partial charge in [0.2, 0.25) is 20.0 Å². The van der Waals surface area contributed by atoms with Gasteiger partial charge in [-0.3, -0.25) is 9.59 Å². The van der Waals surface area contributed by atoms with Gasteiger partial charge in [-0.25, -0.2) is 27.1 Å². The molecule has 0 bridgehead atoms. The number of aryl methyl sites for hydroxylation is 2. The van der Waals surface area contributed by atoms with E-state index in [1.54, 1.807) is 36.7 Å². The number of Topliss-reactive ketones (excluding diaryl/α,β-unsaturated/α-hetero) is 2. The molecule has 0 aliphatic carbocycles. The van der Waals surface area contributed by atoms with Crippen LogP contribution in [0.1, 0.15) is 66.2 Å². The van der Waals surface area contributed by atoms with Gasteiger partial charge in [0.15, 0.2) is 11.6 Å². The Morgan fingerprint density at radius 1 is 0.500 bits per heavy atom. The lowest BCUT2D eigenvalue weighted by atomic mass is 9.96. The number of nitrogens with two attached hydrogens (primary N) is 2. The molecule has 0 saturated carbocycles. The number of para-hydroxylation sites is 2. The fourth-order valence-corrected chi connectivity index (χ4v) is 8.79. The van der Waals surface area contributed by atoms with Crippen molar-refractivity contribution in [3.8, 4) is 0 Å². The average Bonchev–Trinajstić information content (AvgIpc) is 3.94. The highest BCUT2D eigenvalue weighted by Gasteiger charge is 2.26. The number of H-pyrrole nitrogens is 2. The van der Waals surface area contributed by atoms with Gasteiger partial charge in [-0.2, -0.15) is 0 Å². The van der Waals surface area contributed by atoms with Crippen molar-refractivity contribution in [1.82, 2.24) is 20.6 Å². The van der Waals surface area contributed by atoms with Crippen LogP contribution in [-0.4, -0.2) is 51.5 Å². The molecule has 64 heavy (non-hydrogen) atoms. The van der Waals surface area contributed by atoms with Crippen molar-refractivity contribution in [2.75, 3.05) is 13.1 Å². The molecule has 2 atom stereocenters. The minimum Gasteiger partial charge on any atom is -0.360 e. The lowest BCUT2D eigenvalue weighted by Gasteiger charge is -2.18. The van der Waals surface area contributed by atoms with Crippen LogP contribution in [0.2, 0.25) is 0 Å². The summed E-state index contributed by atoms with van der Waals surface area (Å²) in [7, 11) is -7.42. The van der Waals surface area contributed by atoms with Gasteiger partial charge >= 0.3 is 0 Å². The molecule has 0 aliphatic rings.